The minimum absolute atomic E-state index is 0.0279. The van der Waals surface area contributed by atoms with Gasteiger partial charge in [0.05, 0.1) is 19.8 Å². The third-order valence-electron chi connectivity index (χ3n) is 2.88. The quantitative estimate of drug-likeness (QED) is 0.840. The van der Waals surface area contributed by atoms with Crippen LogP contribution in [0.3, 0.4) is 0 Å². The van der Waals surface area contributed by atoms with Gasteiger partial charge >= 0.3 is 0 Å². The molecule has 94 valence electrons. The number of nitrogens with one attached hydrogen (secondary N) is 2. The van der Waals surface area contributed by atoms with E-state index in [0.29, 0.717) is 19.8 Å². The van der Waals surface area contributed by atoms with E-state index in [9.17, 15) is 4.79 Å². The zero-order valence-corrected chi connectivity index (χ0v) is 10.8. The summed E-state index contributed by atoms with van der Waals surface area (Å²) in [6, 6.07) is 1.92. The zero-order valence-electron chi connectivity index (χ0n) is 9.99. The van der Waals surface area contributed by atoms with Crippen molar-refractivity contribution in [3.8, 4) is 0 Å². The number of morpholine rings is 1. The summed E-state index contributed by atoms with van der Waals surface area (Å²) in [6.45, 7) is 4.66. The van der Waals surface area contributed by atoms with Gasteiger partial charge in [-0.05, 0) is 23.4 Å². The van der Waals surface area contributed by atoms with E-state index in [1.54, 1.807) is 11.3 Å². The van der Waals surface area contributed by atoms with Gasteiger partial charge in [0.2, 0.25) is 5.91 Å². The maximum absolute atomic E-state index is 11.8. The Hall–Kier alpha value is -0.910. The average Bonchev–Trinajstić information content (AvgIpc) is 2.84. The molecular formula is C12H18N2O2S. The van der Waals surface area contributed by atoms with Gasteiger partial charge in [-0.1, -0.05) is 6.92 Å². The smallest absolute Gasteiger partial charge is 0.239 e. The molecule has 0 aliphatic carbocycles. The van der Waals surface area contributed by atoms with Crippen molar-refractivity contribution in [2.24, 2.45) is 0 Å². The molecule has 0 saturated carbocycles. The molecule has 2 N–H and O–H groups in total. The molecule has 1 saturated heterocycles. The first-order valence-corrected chi connectivity index (χ1v) is 6.83. The Bertz CT molecular complexity index is 372. The topological polar surface area (TPSA) is 50.4 Å². The van der Waals surface area contributed by atoms with Crippen LogP contribution in [0.25, 0.3) is 0 Å². The standard InChI is InChI=1S/C12H18N2O2S/c1-2-9-3-6-17-11(9)7-14-12(15)10-8-16-5-4-13-10/h3,6,10,13H,2,4-5,7-8H2,1H3,(H,14,15). The maximum Gasteiger partial charge on any atom is 0.239 e. The van der Waals surface area contributed by atoms with E-state index in [2.05, 4.69) is 29.0 Å². The van der Waals surface area contributed by atoms with Gasteiger partial charge in [0.15, 0.2) is 0 Å². The molecule has 1 aromatic rings. The van der Waals surface area contributed by atoms with Gasteiger partial charge in [0.25, 0.3) is 0 Å². The minimum atomic E-state index is -0.200. The van der Waals surface area contributed by atoms with E-state index >= 15 is 0 Å². The van der Waals surface area contributed by atoms with Crippen LogP contribution in [0.2, 0.25) is 0 Å². The number of hydrogen-bond donors (Lipinski definition) is 2. The molecule has 0 aromatic carbocycles. The molecule has 0 spiro atoms. The first-order valence-electron chi connectivity index (χ1n) is 5.95. The summed E-state index contributed by atoms with van der Waals surface area (Å²) in [5, 5.41) is 8.17. The number of rotatable bonds is 4. The highest BCUT2D eigenvalue weighted by atomic mass is 32.1. The maximum atomic E-state index is 11.8. The average molecular weight is 254 g/mol. The van der Waals surface area contributed by atoms with Crippen molar-refractivity contribution < 1.29 is 9.53 Å². The molecule has 1 amide bonds. The lowest BCUT2D eigenvalue weighted by Gasteiger charge is -2.22. The van der Waals surface area contributed by atoms with Crippen LogP contribution in [-0.2, 0) is 22.5 Å². The molecule has 2 rings (SSSR count). The molecule has 2 heterocycles. The van der Waals surface area contributed by atoms with Gasteiger partial charge in [-0.2, -0.15) is 0 Å². The van der Waals surface area contributed by atoms with Crippen molar-refractivity contribution in [1.82, 2.24) is 10.6 Å². The monoisotopic (exact) mass is 254 g/mol. The molecule has 1 aliphatic heterocycles. The van der Waals surface area contributed by atoms with Crippen LogP contribution in [0, 0.1) is 0 Å². The lowest BCUT2D eigenvalue weighted by molar-refractivity contribution is -0.126. The van der Waals surface area contributed by atoms with E-state index in [4.69, 9.17) is 4.74 Å². The van der Waals surface area contributed by atoms with Gasteiger partial charge in [-0.25, -0.2) is 0 Å². The van der Waals surface area contributed by atoms with Crippen LogP contribution in [0.5, 0.6) is 0 Å². The van der Waals surface area contributed by atoms with Gasteiger partial charge in [0.1, 0.15) is 6.04 Å². The van der Waals surface area contributed by atoms with Gasteiger partial charge in [-0.3, -0.25) is 4.79 Å². The number of amides is 1. The van der Waals surface area contributed by atoms with Crippen molar-refractivity contribution in [1.29, 1.82) is 0 Å². The van der Waals surface area contributed by atoms with Gasteiger partial charge in [0, 0.05) is 11.4 Å². The molecule has 1 unspecified atom stereocenters. The third kappa shape index (κ3) is 3.28. The minimum Gasteiger partial charge on any atom is -0.378 e. The van der Waals surface area contributed by atoms with Crippen molar-refractivity contribution in [3.63, 3.8) is 0 Å². The van der Waals surface area contributed by atoms with Crippen molar-refractivity contribution in [2.75, 3.05) is 19.8 Å². The second-order valence-corrected chi connectivity index (χ2v) is 5.02. The normalized spacial score (nSPS) is 20.2. The zero-order chi connectivity index (χ0) is 12.1. The summed E-state index contributed by atoms with van der Waals surface area (Å²) in [4.78, 5) is 13.1. The molecular weight excluding hydrogens is 236 g/mol. The second kappa shape index (κ2) is 6.14. The van der Waals surface area contributed by atoms with E-state index in [1.165, 1.54) is 10.4 Å². The Labute approximate surface area is 105 Å². The number of aryl methyl sites for hydroxylation is 1. The van der Waals surface area contributed by atoms with Crippen LogP contribution < -0.4 is 10.6 Å². The first kappa shape index (κ1) is 12.5. The molecule has 17 heavy (non-hydrogen) atoms. The molecule has 1 fully saturated rings. The molecule has 5 heteroatoms. The summed E-state index contributed by atoms with van der Waals surface area (Å²) in [6.07, 6.45) is 1.01. The largest absolute Gasteiger partial charge is 0.378 e. The van der Waals surface area contributed by atoms with Gasteiger partial charge < -0.3 is 15.4 Å². The summed E-state index contributed by atoms with van der Waals surface area (Å²) in [5.74, 6) is 0.0279. The summed E-state index contributed by atoms with van der Waals surface area (Å²) in [5.41, 5.74) is 1.32. The molecule has 1 atom stereocenters. The lowest BCUT2D eigenvalue weighted by atomic mass is 10.2. The Balaban J connectivity index is 1.83. The fraction of sp³-hybridized carbons (Fsp3) is 0.583. The third-order valence-corrected chi connectivity index (χ3v) is 3.84. The lowest BCUT2D eigenvalue weighted by Crippen LogP contribution is -2.51. The van der Waals surface area contributed by atoms with Crippen LogP contribution in [0.4, 0.5) is 0 Å². The molecule has 4 nitrogen and oxygen atoms in total. The number of hydrogen-bond acceptors (Lipinski definition) is 4. The van der Waals surface area contributed by atoms with Crippen molar-refractivity contribution in [2.45, 2.75) is 25.9 Å². The predicted octanol–water partition coefficient (Wildman–Crippen LogP) is 0.915. The fourth-order valence-corrected chi connectivity index (χ4v) is 2.78. The van der Waals surface area contributed by atoms with Crippen LogP contribution in [-0.4, -0.2) is 31.7 Å². The Morgan fingerprint density at radius 1 is 1.71 bits per heavy atom. The van der Waals surface area contributed by atoms with Crippen molar-refractivity contribution >= 4 is 17.2 Å². The fourth-order valence-electron chi connectivity index (χ4n) is 1.86. The molecule has 1 aliphatic rings. The van der Waals surface area contributed by atoms with Crippen LogP contribution in [0.15, 0.2) is 11.4 Å². The summed E-state index contributed by atoms with van der Waals surface area (Å²) in [7, 11) is 0. The van der Waals surface area contributed by atoms with Crippen LogP contribution in [0.1, 0.15) is 17.4 Å². The molecule has 1 aromatic heterocycles. The summed E-state index contributed by atoms with van der Waals surface area (Å²) >= 11 is 1.70. The Morgan fingerprint density at radius 3 is 3.29 bits per heavy atom. The highest BCUT2D eigenvalue weighted by Crippen LogP contribution is 2.16. The Morgan fingerprint density at radius 2 is 2.59 bits per heavy atom. The second-order valence-electron chi connectivity index (χ2n) is 4.02. The number of carbonyl (C=O) groups excluding carboxylic acids is 1. The van der Waals surface area contributed by atoms with E-state index in [-0.39, 0.29) is 11.9 Å². The van der Waals surface area contributed by atoms with E-state index < -0.39 is 0 Å². The molecule has 0 radical (unpaired) electrons. The van der Waals surface area contributed by atoms with Crippen LogP contribution >= 0.6 is 11.3 Å². The summed E-state index contributed by atoms with van der Waals surface area (Å²) < 4.78 is 5.26. The van der Waals surface area contributed by atoms with E-state index in [0.717, 1.165) is 13.0 Å². The molecule has 0 bridgehead atoms. The highest BCUT2D eigenvalue weighted by molar-refractivity contribution is 7.10. The van der Waals surface area contributed by atoms with E-state index in [1.807, 2.05) is 0 Å². The number of carbonyl (C=O) groups is 1. The number of thiophene rings is 1. The predicted molar refractivity (Wildman–Crippen MR) is 68.2 cm³/mol. The van der Waals surface area contributed by atoms with Gasteiger partial charge in [-0.15, -0.1) is 11.3 Å². The SMILES string of the molecule is CCc1ccsc1CNC(=O)C1COCCN1. The highest BCUT2D eigenvalue weighted by Gasteiger charge is 2.20. The number of ether oxygens (including phenoxy) is 1. The first-order chi connectivity index (χ1) is 8.31. The van der Waals surface area contributed by atoms with Crippen molar-refractivity contribution in [3.05, 3.63) is 21.9 Å². The Kier molecular flexibility index (Phi) is 4.53.